The summed E-state index contributed by atoms with van der Waals surface area (Å²) in [5, 5.41) is 10.7. The van der Waals surface area contributed by atoms with Crippen molar-refractivity contribution >= 4 is 11.8 Å². The van der Waals surface area contributed by atoms with Crippen molar-refractivity contribution < 1.29 is 5.11 Å². The summed E-state index contributed by atoms with van der Waals surface area (Å²) in [6, 6.07) is 4.25. The molecular weight excluding hydrogens is 336 g/mol. The Bertz CT molecular complexity index is 502. The molecule has 1 aromatic rings. The summed E-state index contributed by atoms with van der Waals surface area (Å²) in [7, 11) is 0. The van der Waals surface area contributed by atoms with Crippen LogP contribution in [0.25, 0.3) is 0 Å². The van der Waals surface area contributed by atoms with Gasteiger partial charge in [0.15, 0.2) is 0 Å². The Balaban J connectivity index is 2.19. The van der Waals surface area contributed by atoms with Crippen molar-refractivity contribution in [2.75, 3.05) is 5.75 Å². The van der Waals surface area contributed by atoms with Gasteiger partial charge in [0.25, 0.3) is 0 Å². The molecule has 26 heavy (non-hydrogen) atoms. The van der Waals surface area contributed by atoms with Crippen LogP contribution in [-0.2, 0) is 11.2 Å². The molecule has 0 amide bonds. The van der Waals surface area contributed by atoms with Gasteiger partial charge in [-0.25, -0.2) is 0 Å². The van der Waals surface area contributed by atoms with Gasteiger partial charge in [-0.3, -0.25) is 0 Å². The van der Waals surface area contributed by atoms with E-state index in [-0.39, 0.29) is 5.41 Å². The number of hydrogen-bond acceptors (Lipinski definition) is 2. The maximum atomic E-state index is 10.7. The van der Waals surface area contributed by atoms with E-state index in [2.05, 4.69) is 46.8 Å². The smallest absolute Gasteiger partial charge is 0.123 e. The number of rotatable bonds is 13. The van der Waals surface area contributed by atoms with Crippen LogP contribution in [0, 0.1) is 6.92 Å². The lowest BCUT2D eigenvalue weighted by atomic mass is 9.84. The molecule has 1 aromatic carbocycles. The maximum Gasteiger partial charge on any atom is 0.123 e. The van der Waals surface area contributed by atoms with Crippen LogP contribution < -0.4 is 0 Å². The first-order valence-electron chi connectivity index (χ1n) is 10.8. The quantitative estimate of drug-likeness (QED) is 0.349. The molecule has 150 valence electrons. The van der Waals surface area contributed by atoms with Crippen molar-refractivity contribution in [1.82, 2.24) is 0 Å². The van der Waals surface area contributed by atoms with E-state index in [0.29, 0.717) is 5.75 Å². The average molecular weight is 379 g/mol. The summed E-state index contributed by atoms with van der Waals surface area (Å²) in [4.78, 5) is 0. The van der Waals surface area contributed by atoms with Crippen LogP contribution >= 0.6 is 11.8 Å². The molecule has 0 aliphatic rings. The highest BCUT2D eigenvalue weighted by Crippen LogP contribution is 2.36. The Morgan fingerprint density at radius 1 is 0.846 bits per heavy atom. The molecule has 1 N–H and O–H groups in total. The van der Waals surface area contributed by atoms with Crippen LogP contribution in [0.5, 0.6) is 5.75 Å². The number of aryl methyl sites for hydroxylation is 1. The van der Waals surface area contributed by atoms with Crippen molar-refractivity contribution in [1.29, 1.82) is 0 Å². The number of unbranched alkanes of at least 4 members (excludes halogenated alkanes) is 9. The molecule has 0 fully saturated rings. The second kappa shape index (κ2) is 12.7. The summed E-state index contributed by atoms with van der Waals surface area (Å²) in [6.07, 6.45) is 13.9. The number of hydrogen-bond donors (Lipinski definition) is 1. The summed E-state index contributed by atoms with van der Waals surface area (Å²) >= 11 is 1.97. The van der Waals surface area contributed by atoms with E-state index in [4.69, 9.17) is 0 Å². The molecule has 0 saturated carbocycles. The van der Waals surface area contributed by atoms with Gasteiger partial charge >= 0.3 is 0 Å². The normalized spacial score (nSPS) is 11.9. The third-order valence-corrected chi connectivity index (χ3v) is 6.28. The number of phenols is 1. The van der Waals surface area contributed by atoms with Gasteiger partial charge in [0, 0.05) is 11.3 Å². The lowest BCUT2D eigenvalue weighted by Gasteiger charge is -2.23. The van der Waals surface area contributed by atoms with E-state index in [1.807, 2.05) is 11.8 Å². The van der Waals surface area contributed by atoms with Gasteiger partial charge in [-0.1, -0.05) is 97.6 Å². The molecule has 0 aromatic heterocycles. The fraction of sp³-hybridized carbons (Fsp3) is 0.750. The first-order valence-corrected chi connectivity index (χ1v) is 11.9. The second-order valence-corrected chi connectivity index (χ2v) is 9.85. The Morgan fingerprint density at radius 3 is 1.92 bits per heavy atom. The summed E-state index contributed by atoms with van der Waals surface area (Å²) in [6.45, 7) is 10.9. The highest BCUT2D eigenvalue weighted by molar-refractivity contribution is 7.98. The highest BCUT2D eigenvalue weighted by atomic mass is 32.2. The van der Waals surface area contributed by atoms with E-state index < -0.39 is 0 Å². The molecule has 0 spiro atoms. The molecular formula is C24H42OS. The molecule has 0 unspecified atom stereocenters. The Labute approximate surface area is 167 Å². The van der Waals surface area contributed by atoms with Gasteiger partial charge in [-0.05, 0) is 35.6 Å². The second-order valence-electron chi connectivity index (χ2n) is 8.74. The van der Waals surface area contributed by atoms with E-state index >= 15 is 0 Å². The molecule has 1 nitrogen and oxygen atoms in total. The average Bonchev–Trinajstić information content (AvgIpc) is 2.57. The van der Waals surface area contributed by atoms with Crippen LogP contribution in [0.2, 0.25) is 0 Å². The fourth-order valence-electron chi connectivity index (χ4n) is 3.39. The lowest BCUT2D eigenvalue weighted by molar-refractivity contribution is 0.442. The lowest BCUT2D eigenvalue weighted by Crippen LogP contribution is -2.12. The van der Waals surface area contributed by atoms with E-state index in [1.165, 1.54) is 75.5 Å². The molecule has 0 aliphatic heterocycles. The van der Waals surface area contributed by atoms with Crippen molar-refractivity contribution in [2.24, 2.45) is 0 Å². The first-order chi connectivity index (χ1) is 12.4. The molecule has 0 heterocycles. The predicted molar refractivity (Wildman–Crippen MR) is 120 cm³/mol. The van der Waals surface area contributed by atoms with Crippen molar-refractivity contribution in [3.05, 3.63) is 28.8 Å². The van der Waals surface area contributed by atoms with Crippen LogP contribution in [0.1, 0.15) is 109 Å². The molecule has 0 atom stereocenters. The van der Waals surface area contributed by atoms with E-state index in [1.54, 1.807) is 0 Å². The van der Waals surface area contributed by atoms with Gasteiger partial charge in [0.05, 0.1) is 0 Å². The Kier molecular flexibility index (Phi) is 11.4. The summed E-state index contributed by atoms with van der Waals surface area (Å²) < 4.78 is 0. The van der Waals surface area contributed by atoms with Gasteiger partial charge in [0.2, 0.25) is 0 Å². The maximum absolute atomic E-state index is 10.7. The van der Waals surface area contributed by atoms with Crippen molar-refractivity contribution in [3.63, 3.8) is 0 Å². The predicted octanol–water partition coefficient (Wildman–Crippen LogP) is 8.15. The third kappa shape index (κ3) is 8.84. The zero-order valence-electron chi connectivity index (χ0n) is 18.0. The Hall–Kier alpha value is -0.630. The summed E-state index contributed by atoms with van der Waals surface area (Å²) in [5.74, 6) is 2.65. The van der Waals surface area contributed by atoms with Gasteiger partial charge in [-0.2, -0.15) is 11.8 Å². The fourth-order valence-corrected chi connectivity index (χ4v) is 4.51. The molecule has 0 bridgehead atoms. The van der Waals surface area contributed by atoms with Crippen LogP contribution in [0.3, 0.4) is 0 Å². The zero-order valence-corrected chi connectivity index (χ0v) is 18.8. The van der Waals surface area contributed by atoms with Gasteiger partial charge in [0.1, 0.15) is 5.75 Å². The van der Waals surface area contributed by atoms with E-state index in [0.717, 1.165) is 16.9 Å². The number of phenolic OH excluding ortho intramolecular Hbond substituents is 1. The summed E-state index contributed by atoms with van der Waals surface area (Å²) in [5.41, 5.74) is 3.41. The standard InChI is InChI=1S/C24H42OS/c1-6-7-8-9-10-11-12-13-14-15-18-26-19-21-20(2)16-17-22(23(21)25)24(3,4)5/h16-17,25H,6-15,18-19H2,1-5H3. The molecule has 0 radical (unpaired) electrons. The minimum atomic E-state index is -0.00621. The Morgan fingerprint density at radius 2 is 1.38 bits per heavy atom. The van der Waals surface area contributed by atoms with Crippen molar-refractivity contribution in [3.8, 4) is 5.75 Å². The number of aromatic hydroxyl groups is 1. The molecule has 0 saturated heterocycles. The number of thioether (sulfide) groups is 1. The van der Waals surface area contributed by atoms with Gasteiger partial charge in [-0.15, -0.1) is 0 Å². The SMILES string of the molecule is CCCCCCCCCCCCSCc1c(C)ccc(C(C)(C)C)c1O. The molecule has 2 heteroatoms. The highest BCUT2D eigenvalue weighted by Gasteiger charge is 2.20. The van der Waals surface area contributed by atoms with Gasteiger partial charge < -0.3 is 5.11 Å². The largest absolute Gasteiger partial charge is 0.507 e. The zero-order chi connectivity index (χ0) is 19.4. The monoisotopic (exact) mass is 378 g/mol. The third-order valence-electron chi connectivity index (χ3n) is 5.21. The minimum absolute atomic E-state index is 0.00621. The first kappa shape index (κ1) is 23.4. The van der Waals surface area contributed by atoms with Crippen LogP contribution in [0.4, 0.5) is 0 Å². The van der Waals surface area contributed by atoms with Crippen LogP contribution in [-0.4, -0.2) is 10.9 Å². The van der Waals surface area contributed by atoms with Crippen molar-refractivity contribution in [2.45, 2.75) is 110 Å². The molecule has 1 rings (SSSR count). The number of benzene rings is 1. The van der Waals surface area contributed by atoms with Crippen LogP contribution in [0.15, 0.2) is 12.1 Å². The topological polar surface area (TPSA) is 20.2 Å². The minimum Gasteiger partial charge on any atom is -0.507 e. The molecule has 0 aliphatic carbocycles. The van der Waals surface area contributed by atoms with E-state index in [9.17, 15) is 5.11 Å².